The van der Waals surface area contributed by atoms with Crippen LogP contribution in [0.3, 0.4) is 0 Å². The lowest BCUT2D eigenvalue weighted by molar-refractivity contribution is -0.0990. The van der Waals surface area contributed by atoms with Gasteiger partial charge in [-0.2, -0.15) is 0 Å². The molecule has 0 radical (unpaired) electrons. The van der Waals surface area contributed by atoms with E-state index in [4.69, 9.17) is 0 Å². The zero-order valence-corrected chi connectivity index (χ0v) is 11.6. The number of rotatable bonds is 2. The van der Waals surface area contributed by atoms with E-state index in [0.29, 0.717) is 5.41 Å². The highest BCUT2D eigenvalue weighted by Gasteiger charge is 2.54. The van der Waals surface area contributed by atoms with E-state index in [1.165, 1.54) is 6.42 Å². The Hall–Kier alpha value is 0.217. The molecule has 3 fully saturated rings. The first-order valence-corrected chi connectivity index (χ1v) is 10.0. The van der Waals surface area contributed by atoms with Gasteiger partial charge in [-0.05, 0) is 36.0 Å². The summed E-state index contributed by atoms with van der Waals surface area (Å²) in [7, 11) is -0.824. The molecule has 82 valence electrons. The Morgan fingerprint density at radius 1 is 1.14 bits per heavy atom. The zero-order valence-electron chi connectivity index (χ0n) is 10.6. The van der Waals surface area contributed by atoms with Gasteiger partial charge in [-0.1, -0.05) is 46.0 Å². The van der Waals surface area contributed by atoms with E-state index < -0.39 is 8.07 Å². The van der Waals surface area contributed by atoms with Gasteiger partial charge in [0.05, 0.1) is 0 Å². The SMILES string of the molecule is CC1(C)[C@H]2CC[C@@H](C[Si](C)(C)C)[C@@H]1C2. The van der Waals surface area contributed by atoms with Gasteiger partial charge in [0.15, 0.2) is 0 Å². The fourth-order valence-electron chi connectivity index (χ4n) is 3.99. The molecule has 2 bridgehead atoms. The molecule has 3 rings (SSSR count). The average Bonchev–Trinajstić information content (AvgIpc) is 2.00. The van der Waals surface area contributed by atoms with Crippen molar-refractivity contribution in [2.75, 3.05) is 0 Å². The van der Waals surface area contributed by atoms with Gasteiger partial charge in [0.2, 0.25) is 0 Å². The van der Waals surface area contributed by atoms with Crippen LogP contribution in [0.1, 0.15) is 33.1 Å². The second kappa shape index (κ2) is 3.10. The molecule has 3 saturated carbocycles. The summed E-state index contributed by atoms with van der Waals surface area (Å²) in [6, 6.07) is 1.58. The van der Waals surface area contributed by atoms with Gasteiger partial charge in [0.1, 0.15) is 0 Å². The Morgan fingerprint density at radius 3 is 2.21 bits per heavy atom. The maximum Gasteiger partial charge on any atom is 0.0445 e. The molecule has 1 heteroatoms. The van der Waals surface area contributed by atoms with Crippen molar-refractivity contribution >= 4 is 8.07 Å². The van der Waals surface area contributed by atoms with Crippen LogP contribution < -0.4 is 0 Å². The van der Waals surface area contributed by atoms with Crippen molar-refractivity contribution in [2.45, 2.75) is 58.8 Å². The molecule has 0 aromatic carbocycles. The van der Waals surface area contributed by atoms with Gasteiger partial charge in [-0.15, -0.1) is 0 Å². The predicted molar refractivity (Wildman–Crippen MR) is 66.3 cm³/mol. The van der Waals surface area contributed by atoms with Crippen LogP contribution in [0, 0.1) is 23.2 Å². The molecule has 0 aliphatic heterocycles. The molecular formula is C13H26Si. The molecule has 3 aliphatic carbocycles. The molecule has 0 heterocycles. The molecule has 3 aliphatic rings. The van der Waals surface area contributed by atoms with Gasteiger partial charge in [0, 0.05) is 8.07 Å². The maximum atomic E-state index is 2.53. The molecule has 14 heavy (non-hydrogen) atoms. The summed E-state index contributed by atoms with van der Waals surface area (Å²) in [6.45, 7) is 12.6. The molecule has 3 atom stereocenters. The van der Waals surface area contributed by atoms with Crippen LogP contribution in [0.2, 0.25) is 25.7 Å². The maximum absolute atomic E-state index is 2.53. The molecule has 0 N–H and O–H groups in total. The number of hydrogen-bond donors (Lipinski definition) is 0. The third-order valence-corrected chi connectivity index (χ3v) is 6.62. The van der Waals surface area contributed by atoms with Crippen LogP contribution in [0.15, 0.2) is 0 Å². The molecule has 0 saturated heterocycles. The van der Waals surface area contributed by atoms with Crippen molar-refractivity contribution in [2.24, 2.45) is 23.2 Å². The normalized spacial score (nSPS) is 40.5. The van der Waals surface area contributed by atoms with Gasteiger partial charge >= 0.3 is 0 Å². The molecule has 0 spiro atoms. The molecule has 0 nitrogen and oxygen atoms in total. The second-order valence-electron chi connectivity index (χ2n) is 7.46. The lowest BCUT2D eigenvalue weighted by atomic mass is 9.46. The topological polar surface area (TPSA) is 0 Å². The minimum absolute atomic E-state index is 0.697. The van der Waals surface area contributed by atoms with Gasteiger partial charge in [-0.3, -0.25) is 0 Å². The smallest absolute Gasteiger partial charge is 0.0445 e. The number of hydrogen-bond acceptors (Lipinski definition) is 0. The van der Waals surface area contributed by atoms with E-state index in [1.54, 1.807) is 18.9 Å². The Balaban J connectivity index is 2.01. The highest BCUT2D eigenvalue weighted by atomic mass is 28.3. The largest absolute Gasteiger partial charge is 0.0695 e. The molecule has 0 unspecified atom stereocenters. The predicted octanol–water partition coefficient (Wildman–Crippen LogP) is 4.40. The lowest BCUT2D eigenvalue weighted by Gasteiger charge is -2.61. The average molecular weight is 210 g/mol. The van der Waals surface area contributed by atoms with Crippen molar-refractivity contribution in [1.29, 1.82) is 0 Å². The van der Waals surface area contributed by atoms with Crippen molar-refractivity contribution in [3.63, 3.8) is 0 Å². The van der Waals surface area contributed by atoms with E-state index in [-0.39, 0.29) is 0 Å². The van der Waals surface area contributed by atoms with Crippen LogP contribution in [-0.4, -0.2) is 8.07 Å². The van der Waals surface area contributed by atoms with Crippen LogP contribution >= 0.6 is 0 Å². The minimum Gasteiger partial charge on any atom is -0.0695 e. The Morgan fingerprint density at radius 2 is 1.79 bits per heavy atom. The minimum atomic E-state index is -0.824. The third-order valence-electron chi connectivity index (χ3n) is 4.88. The molecule has 0 amide bonds. The van der Waals surface area contributed by atoms with Crippen LogP contribution in [-0.2, 0) is 0 Å². The Bertz CT molecular complexity index is 222. The fourth-order valence-corrected chi connectivity index (χ4v) is 6.06. The lowest BCUT2D eigenvalue weighted by Crippen LogP contribution is -2.53. The monoisotopic (exact) mass is 210 g/mol. The summed E-state index contributed by atoms with van der Waals surface area (Å²) in [5, 5.41) is 0. The zero-order chi connectivity index (χ0) is 10.6. The summed E-state index contributed by atoms with van der Waals surface area (Å²) >= 11 is 0. The van der Waals surface area contributed by atoms with Crippen LogP contribution in [0.25, 0.3) is 0 Å². The van der Waals surface area contributed by atoms with Crippen molar-refractivity contribution in [3.05, 3.63) is 0 Å². The van der Waals surface area contributed by atoms with Gasteiger partial charge in [0.25, 0.3) is 0 Å². The summed E-state index contributed by atoms with van der Waals surface area (Å²) in [5.41, 5.74) is 0.697. The van der Waals surface area contributed by atoms with Crippen molar-refractivity contribution in [1.82, 2.24) is 0 Å². The van der Waals surface area contributed by atoms with Crippen molar-refractivity contribution in [3.8, 4) is 0 Å². The highest BCUT2D eigenvalue weighted by molar-refractivity contribution is 6.76. The summed E-state index contributed by atoms with van der Waals surface area (Å²) in [5.74, 6) is 3.24. The molecule has 0 aromatic rings. The Kier molecular flexibility index (Phi) is 2.38. The standard InChI is InChI=1S/C13H26Si/c1-13(2)11-7-6-10(12(13)8-11)9-14(3,4)5/h10-12H,6-9H2,1-5H3/t10-,11-,12-/m0/s1. The first-order chi connectivity index (χ1) is 6.31. The van der Waals surface area contributed by atoms with Gasteiger partial charge in [-0.25, -0.2) is 0 Å². The van der Waals surface area contributed by atoms with E-state index in [1.807, 2.05) is 0 Å². The van der Waals surface area contributed by atoms with E-state index >= 15 is 0 Å². The van der Waals surface area contributed by atoms with Crippen molar-refractivity contribution < 1.29 is 0 Å². The van der Waals surface area contributed by atoms with E-state index in [9.17, 15) is 0 Å². The highest BCUT2D eigenvalue weighted by Crippen LogP contribution is 2.62. The van der Waals surface area contributed by atoms with Gasteiger partial charge < -0.3 is 0 Å². The molecule has 0 aromatic heterocycles. The number of fused-ring (bicyclic) bond motifs is 2. The molecular weight excluding hydrogens is 184 g/mol. The summed E-state index contributed by atoms with van der Waals surface area (Å²) in [6.07, 6.45) is 4.63. The van der Waals surface area contributed by atoms with E-state index in [2.05, 4.69) is 33.5 Å². The van der Waals surface area contributed by atoms with Crippen LogP contribution in [0.5, 0.6) is 0 Å². The summed E-state index contributed by atoms with van der Waals surface area (Å²) in [4.78, 5) is 0. The quantitative estimate of drug-likeness (QED) is 0.593. The first kappa shape index (κ1) is 10.7. The van der Waals surface area contributed by atoms with Crippen LogP contribution in [0.4, 0.5) is 0 Å². The summed E-state index contributed by atoms with van der Waals surface area (Å²) < 4.78 is 0. The third kappa shape index (κ3) is 1.68. The first-order valence-electron chi connectivity index (χ1n) is 6.31. The van der Waals surface area contributed by atoms with E-state index in [0.717, 1.165) is 17.8 Å². The Labute approximate surface area is 90.5 Å². The second-order valence-corrected chi connectivity index (χ2v) is 13.0. The fraction of sp³-hybridized carbons (Fsp3) is 1.00.